The molecule has 32 heavy (non-hydrogen) atoms. The van der Waals surface area contributed by atoms with Crippen LogP contribution in [-0.4, -0.2) is 63.2 Å². The van der Waals surface area contributed by atoms with Crippen molar-refractivity contribution in [1.82, 2.24) is 20.9 Å². The lowest BCUT2D eigenvalue weighted by molar-refractivity contribution is 0.0341. The SMILES string of the molecule is CCNC(=NCc1ccccc1CN1CCOCC1)NCCc1cccc(C(=O)NC)c1. The Morgan fingerprint density at radius 3 is 2.59 bits per heavy atom. The van der Waals surface area contributed by atoms with Gasteiger partial charge in [0, 0.05) is 45.3 Å². The van der Waals surface area contributed by atoms with Crippen molar-refractivity contribution < 1.29 is 9.53 Å². The lowest BCUT2D eigenvalue weighted by Crippen LogP contribution is -2.38. The minimum Gasteiger partial charge on any atom is -0.379 e. The maximum Gasteiger partial charge on any atom is 0.251 e. The topological polar surface area (TPSA) is 78.0 Å². The third-order valence-electron chi connectivity index (χ3n) is 5.49. The van der Waals surface area contributed by atoms with Crippen LogP contribution in [0.3, 0.4) is 0 Å². The zero-order chi connectivity index (χ0) is 22.6. The van der Waals surface area contributed by atoms with Gasteiger partial charge in [0.15, 0.2) is 5.96 Å². The molecule has 0 bridgehead atoms. The van der Waals surface area contributed by atoms with Gasteiger partial charge >= 0.3 is 0 Å². The zero-order valence-corrected chi connectivity index (χ0v) is 19.2. The van der Waals surface area contributed by atoms with Crippen LogP contribution in [0.2, 0.25) is 0 Å². The van der Waals surface area contributed by atoms with Crippen LogP contribution in [0.5, 0.6) is 0 Å². The summed E-state index contributed by atoms with van der Waals surface area (Å²) in [7, 11) is 1.65. The minimum atomic E-state index is -0.0644. The van der Waals surface area contributed by atoms with Gasteiger partial charge in [0.1, 0.15) is 0 Å². The lowest BCUT2D eigenvalue weighted by atomic mass is 10.1. The summed E-state index contributed by atoms with van der Waals surface area (Å²) in [6, 6.07) is 16.3. The third-order valence-corrected chi connectivity index (χ3v) is 5.49. The molecule has 3 N–H and O–H groups in total. The average molecular weight is 438 g/mol. The van der Waals surface area contributed by atoms with Crippen LogP contribution in [0.4, 0.5) is 0 Å². The van der Waals surface area contributed by atoms with Gasteiger partial charge in [-0.25, -0.2) is 4.99 Å². The number of benzene rings is 2. The number of carbonyl (C=O) groups excluding carboxylic acids is 1. The first-order valence-electron chi connectivity index (χ1n) is 11.4. The summed E-state index contributed by atoms with van der Waals surface area (Å²) in [4.78, 5) is 19.1. The molecule has 1 aliphatic heterocycles. The van der Waals surface area contributed by atoms with Crippen molar-refractivity contribution in [2.45, 2.75) is 26.4 Å². The standard InChI is InChI=1S/C25H35N5O2/c1-3-27-25(28-12-11-20-7-6-10-21(17-20)24(31)26-2)29-18-22-8-4-5-9-23(22)19-30-13-15-32-16-14-30/h4-10,17H,3,11-16,18-19H2,1-2H3,(H,26,31)(H2,27,28,29). The van der Waals surface area contributed by atoms with E-state index in [-0.39, 0.29) is 5.91 Å². The van der Waals surface area contributed by atoms with Crippen molar-refractivity contribution >= 4 is 11.9 Å². The summed E-state index contributed by atoms with van der Waals surface area (Å²) in [6.45, 7) is 8.72. The Hall–Kier alpha value is -2.90. The van der Waals surface area contributed by atoms with Gasteiger partial charge in [-0.15, -0.1) is 0 Å². The van der Waals surface area contributed by atoms with E-state index in [1.54, 1.807) is 7.05 Å². The third kappa shape index (κ3) is 7.35. The van der Waals surface area contributed by atoms with Crippen LogP contribution in [-0.2, 0) is 24.2 Å². The molecule has 2 aromatic rings. The molecule has 172 valence electrons. The van der Waals surface area contributed by atoms with E-state index in [1.165, 1.54) is 11.1 Å². The fourth-order valence-electron chi connectivity index (χ4n) is 3.71. The molecule has 2 aromatic carbocycles. The van der Waals surface area contributed by atoms with Crippen molar-refractivity contribution in [1.29, 1.82) is 0 Å². The summed E-state index contributed by atoms with van der Waals surface area (Å²) in [5, 5.41) is 9.41. The van der Waals surface area contributed by atoms with E-state index in [0.717, 1.165) is 63.9 Å². The number of rotatable bonds is 9. The van der Waals surface area contributed by atoms with E-state index in [9.17, 15) is 4.79 Å². The van der Waals surface area contributed by atoms with Crippen molar-refractivity contribution in [2.24, 2.45) is 4.99 Å². The van der Waals surface area contributed by atoms with Gasteiger partial charge in [-0.3, -0.25) is 9.69 Å². The Kier molecular flexibility index (Phi) is 9.53. The van der Waals surface area contributed by atoms with Crippen molar-refractivity contribution in [2.75, 3.05) is 46.4 Å². The van der Waals surface area contributed by atoms with Crippen molar-refractivity contribution in [3.8, 4) is 0 Å². The first-order chi connectivity index (χ1) is 15.7. The molecule has 0 aromatic heterocycles. The van der Waals surface area contributed by atoms with Gasteiger partial charge in [-0.05, 0) is 42.2 Å². The van der Waals surface area contributed by atoms with Crippen LogP contribution in [0.25, 0.3) is 0 Å². The van der Waals surface area contributed by atoms with E-state index in [1.807, 2.05) is 24.3 Å². The second-order valence-corrected chi connectivity index (χ2v) is 7.81. The molecule has 7 heteroatoms. The molecule has 1 amide bonds. The quantitative estimate of drug-likeness (QED) is 0.414. The summed E-state index contributed by atoms with van der Waals surface area (Å²) in [5.74, 6) is 0.738. The van der Waals surface area contributed by atoms with Crippen molar-refractivity contribution in [3.05, 3.63) is 70.8 Å². The number of nitrogens with zero attached hydrogens (tertiary/aromatic N) is 2. The summed E-state index contributed by atoms with van der Waals surface area (Å²) in [6.07, 6.45) is 0.808. The van der Waals surface area contributed by atoms with E-state index in [2.05, 4.69) is 52.0 Å². The number of guanidine groups is 1. The fraction of sp³-hybridized carbons (Fsp3) is 0.440. The normalized spacial score (nSPS) is 14.8. The molecular weight excluding hydrogens is 402 g/mol. The monoisotopic (exact) mass is 437 g/mol. The lowest BCUT2D eigenvalue weighted by Gasteiger charge is -2.27. The Labute approximate surface area is 191 Å². The number of hydrogen-bond donors (Lipinski definition) is 3. The van der Waals surface area contributed by atoms with E-state index < -0.39 is 0 Å². The molecular formula is C25H35N5O2. The van der Waals surface area contributed by atoms with Gasteiger partial charge in [-0.2, -0.15) is 0 Å². The van der Waals surface area contributed by atoms with Gasteiger partial charge in [0.05, 0.1) is 19.8 Å². The number of amides is 1. The van der Waals surface area contributed by atoms with E-state index in [0.29, 0.717) is 12.1 Å². The molecule has 1 saturated heterocycles. The molecule has 1 aliphatic rings. The molecule has 0 saturated carbocycles. The Morgan fingerprint density at radius 2 is 1.84 bits per heavy atom. The first-order valence-corrected chi connectivity index (χ1v) is 11.4. The van der Waals surface area contributed by atoms with Crippen LogP contribution >= 0.6 is 0 Å². The molecule has 0 spiro atoms. The second-order valence-electron chi connectivity index (χ2n) is 7.81. The number of nitrogens with one attached hydrogen (secondary N) is 3. The van der Waals surface area contributed by atoms with Gasteiger partial charge in [-0.1, -0.05) is 36.4 Å². The Bertz CT molecular complexity index is 893. The van der Waals surface area contributed by atoms with Crippen LogP contribution in [0.15, 0.2) is 53.5 Å². The molecule has 7 nitrogen and oxygen atoms in total. The molecule has 0 radical (unpaired) electrons. The Balaban J connectivity index is 1.58. The number of morpholine rings is 1. The van der Waals surface area contributed by atoms with Gasteiger partial charge in [0.25, 0.3) is 5.91 Å². The van der Waals surface area contributed by atoms with Gasteiger partial charge in [0.2, 0.25) is 0 Å². The summed E-state index contributed by atoms with van der Waals surface area (Å²) >= 11 is 0. The first kappa shape index (κ1) is 23.8. The number of carbonyl (C=O) groups is 1. The molecule has 0 unspecified atom stereocenters. The van der Waals surface area contributed by atoms with E-state index >= 15 is 0 Å². The van der Waals surface area contributed by atoms with E-state index in [4.69, 9.17) is 9.73 Å². The smallest absolute Gasteiger partial charge is 0.251 e. The summed E-state index contributed by atoms with van der Waals surface area (Å²) < 4.78 is 5.47. The molecule has 0 atom stereocenters. The number of ether oxygens (including phenoxy) is 1. The Morgan fingerprint density at radius 1 is 1.06 bits per heavy atom. The predicted octanol–water partition coefficient (Wildman–Crippen LogP) is 2.18. The maximum atomic E-state index is 11.8. The predicted molar refractivity (Wildman–Crippen MR) is 129 cm³/mol. The highest BCUT2D eigenvalue weighted by atomic mass is 16.5. The highest BCUT2D eigenvalue weighted by molar-refractivity contribution is 5.94. The molecule has 0 aliphatic carbocycles. The second kappa shape index (κ2) is 12.8. The molecule has 3 rings (SSSR count). The molecule has 1 fully saturated rings. The number of hydrogen-bond acceptors (Lipinski definition) is 4. The fourth-order valence-corrected chi connectivity index (χ4v) is 3.71. The highest BCUT2D eigenvalue weighted by Gasteiger charge is 2.12. The molecule has 1 heterocycles. The highest BCUT2D eigenvalue weighted by Crippen LogP contribution is 2.14. The average Bonchev–Trinajstić information content (AvgIpc) is 2.83. The number of aliphatic imine (C=N–C) groups is 1. The van der Waals surface area contributed by atoms with Crippen LogP contribution in [0.1, 0.15) is 34.0 Å². The van der Waals surface area contributed by atoms with Crippen LogP contribution < -0.4 is 16.0 Å². The van der Waals surface area contributed by atoms with Crippen molar-refractivity contribution in [3.63, 3.8) is 0 Å². The summed E-state index contributed by atoms with van der Waals surface area (Å²) in [5.41, 5.74) is 4.36. The minimum absolute atomic E-state index is 0.0644. The zero-order valence-electron chi connectivity index (χ0n) is 19.2. The van der Waals surface area contributed by atoms with Gasteiger partial charge < -0.3 is 20.7 Å². The maximum absolute atomic E-state index is 11.8. The van der Waals surface area contributed by atoms with Crippen LogP contribution in [0, 0.1) is 0 Å². The largest absolute Gasteiger partial charge is 0.379 e.